The lowest BCUT2D eigenvalue weighted by Crippen LogP contribution is -2.57. The van der Waals surface area contributed by atoms with E-state index in [1.165, 1.54) is 0 Å². The molecule has 4 N–H and O–H groups in total. The highest BCUT2D eigenvalue weighted by atomic mass is 16.3. The van der Waals surface area contributed by atoms with Crippen molar-refractivity contribution < 1.29 is 24.6 Å². The summed E-state index contributed by atoms with van der Waals surface area (Å²) >= 11 is 0. The predicted molar refractivity (Wildman–Crippen MR) is 185 cm³/mol. The number of carbonyl (C=O) groups excluding carboxylic acids is 3. The fourth-order valence-electron chi connectivity index (χ4n) is 6.00. The molecule has 1 aliphatic carbocycles. The first-order valence-corrected chi connectivity index (χ1v) is 16.8. The highest BCUT2D eigenvalue weighted by molar-refractivity contribution is 5.91. The maximum absolute atomic E-state index is 13.9. The second-order valence-corrected chi connectivity index (χ2v) is 13.0. The molecule has 47 heavy (non-hydrogen) atoms. The zero-order chi connectivity index (χ0) is 34.8. The van der Waals surface area contributed by atoms with Crippen LogP contribution in [0.3, 0.4) is 0 Å². The van der Waals surface area contributed by atoms with Crippen LogP contribution in [0.2, 0.25) is 0 Å². The molecule has 1 aromatic rings. The number of rotatable bonds is 19. The van der Waals surface area contributed by atoms with Crippen molar-refractivity contribution in [2.75, 3.05) is 34.2 Å². The summed E-state index contributed by atoms with van der Waals surface area (Å²) < 4.78 is 0. The van der Waals surface area contributed by atoms with Gasteiger partial charge in [0.2, 0.25) is 17.7 Å². The highest BCUT2D eigenvalue weighted by Gasteiger charge is 2.36. The summed E-state index contributed by atoms with van der Waals surface area (Å²) in [4.78, 5) is 44.6. The zero-order valence-electron chi connectivity index (χ0n) is 28.4. The van der Waals surface area contributed by atoms with Crippen molar-refractivity contribution >= 4 is 17.7 Å². The average Bonchev–Trinajstić information content (AvgIpc) is 3.07. The van der Waals surface area contributed by atoms with E-state index in [4.69, 9.17) is 19.3 Å². The monoisotopic (exact) mass is 646 g/mol. The number of unbranched alkanes of at least 4 members (excludes halogenated alkanes) is 1. The number of benzene rings is 1. The largest absolute Gasteiger partial charge is 0.390 e. The maximum atomic E-state index is 13.9. The Labute approximate surface area is 282 Å². The molecule has 0 aliphatic heterocycles. The molecule has 0 aromatic heterocycles. The number of likely N-dealkylation sites (N-methyl/N-ethyl adjacent to an activating group) is 2. The number of amides is 3. The molecule has 0 saturated heterocycles. The number of nitrogens with one attached hydrogen (secondary N) is 2. The van der Waals surface area contributed by atoms with Crippen molar-refractivity contribution in [3.05, 3.63) is 35.9 Å². The maximum Gasteiger partial charge on any atom is 0.245 e. The first-order chi connectivity index (χ1) is 22.5. The molecule has 3 amide bonds. The molecule has 9 heteroatoms. The van der Waals surface area contributed by atoms with E-state index in [1.807, 2.05) is 49.3 Å². The lowest BCUT2D eigenvalue weighted by molar-refractivity contribution is -0.137. The molecular weight excluding hydrogens is 592 g/mol. The first-order valence-electron chi connectivity index (χ1n) is 16.8. The zero-order valence-corrected chi connectivity index (χ0v) is 28.4. The van der Waals surface area contributed by atoms with Crippen LogP contribution in [0.4, 0.5) is 0 Å². The van der Waals surface area contributed by atoms with E-state index >= 15 is 0 Å². The molecule has 0 bridgehead atoms. The van der Waals surface area contributed by atoms with Crippen LogP contribution in [0.15, 0.2) is 30.3 Å². The molecule has 5 atom stereocenters. The molecule has 1 saturated carbocycles. The topological polar surface area (TPSA) is 122 Å². The van der Waals surface area contributed by atoms with Gasteiger partial charge in [0.05, 0.1) is 24.2 Å². The number of hydrogen-bond acceptors (Lipinski definition) is 6. The minimum atomic E-state index is -1.32. The van der Waals surface area contributed by atoms with Crippen molar-refractivity contribution in [2.45, 2.75) is 94.9 Å². The smallest absolute Gasteiger partial charge is 0.245 e. The number of nitrogens with zero attached hydrogens (tertiary/aromatic N) is 2. The molecule has 1 aliphatic rings. The van der Waals surface area contributed by atoms with Crippen LogP contribution in [-0.2, 0) is 20.8 Å². The normalized spacial score (nSPS) is 16.5. The van der Waals surface area contributed by atoms with Gasteiger partial charge >= 0.3 is 0 Å². The van der Waals surface area contributed by atoms with Crippen LogP contribution in [0, 0.1) is 54.8 Å². The Bertz CT molecular complexity index is 1230. The standard InChI is InChI=1S/C38H54N4O5/c1-7-10-13-22-33(43)36(45)32(26-29-20-16-12-17-21-29)39-38(47)35(30(8-2)9-3)40-37(46)31(25-28-18-14-11-15-19-28)27-34(44)42(6)24-23-41(4)5/h1-3,11,14-15,18-19,29-33,35-36,43,45H,10,12-13,16-17,20-27H2,4-6H3,(H,39,47)(H,40,46)/t31?,32?,33?,35-,36+/m0/s1. The van der Waals surface area contributed by atoms with Gasteiger partial charge in [0, 0.05) is 33.0 Å². The summed E-state index contributed by atoms with van der Waals surface area (Å²) in [5.74, 6) is 4.37. The number of carbonyl (C=O) groups is 3. The van der Waals surface area contributed by atoms with Crippen LogP contribution in [0.25, 0.3) is 0 Å². The molecular formula is C38H54N4O5. The lowest BCUT2D eigenvalue weighted by Gasteiger charge is -2.34. The first kappa shape index (κ1) is 39.4. The third kappa shape index (κ3) is 13.8. The van der Waals surface area contributed by atoms with Gasteiger partial charge in [-0.05, 0) is 51.3 Å². The Kier molecular flexibility index (Phi) is 17.7. The summed E-state index contributed by atoms with van der Waals surface area (Å²) in [6, 6.07) is 7.22. The molecule has 9 nitrogen and oxygen atoms in total. The van der Waals surface area contributed by atoms with Gasteiger partial charge in [0.1, 0.15) is 12.0 Å². The Morgan fingerprint density at radius 1 is 0.936 bits per heavy atom. The molecule has 3 unspecified atom stereocenters. The van der Waals surface area contributed by atoms with Crippen molar-refractivity contribution in [3.63, 3.8) is 0 Å². The second-order valence-electron chi connectivity index (χ2n) is 13.0. The van der Waals surface area contributed by atoms with Crippen molar-refractivity contribution in [1.29, 1.82) is 0 Å². The van der Waals surface area contributed by atoms with Crippen LogP contribution in [0.1, 0.15) is 69.8 Å². The van der Waals surface area contributed by atoms with Gasteiger partial charge < -0.3 is 30.6 Å². The molecule has 256 valence electrons. The Hall–Kier alpha value is -3.81. The van der Waals surface area contributed by atoms with E-state index in [9.17, 15) is 24.6 Å². The van der Waals surface area contributed by atoms with Gasteiger partial charge in [-0.15, -0.1) is 25.2 Å². The summed E-state index contributed by atoms with van der Waals surface area (Å²) in [5.41, 5.74) is 0.859. The SMILES string of the molecule is C#CCCCC(O)[C@H](O)C(CC1CCCCC1)NC(=O)[C@@H](NC(=O)C(CC(=O)N(C)CCN(C)C)Cc1ccccc1)C(C#C)C#C. The van der Waals surface area contributed by atoms with E-state index in [2.05, 4.69) is 28.4 Å². The van der Waals surface area contributed by atoms with Gasteiger partial charge in [0.15, 0.2) is 0 Å². The summed E-state index contributed by atoms with van der Waals surface area (Å²) in [7, 11) is 5.54. The quantitative estimate of drug-likeness (QED) is 0.136. The second kappa shape index (κ2) is 21.1. The number of hydrogen-bond donors (Lipinski definition) is 4. The highest BCUT2D eigenvalue weighted by Crippen LogP contribution is 2.29. The summed E-state index contributed by atoms with van der Waals surface area (Å²) in [5, 5.41) is 27.7. The third-order valence-electron chi connectivity index (χ3n) is 8.96. The van der Waals surface area contributed by atoms with E-state index in [0.29, 0.717) is 32.4 Å². The van der Waals surface area contributed by atoms with Crippen molar-refractivity contribution in [2.24, 2.45) is 17.8 Å². The minimum absolute atomic E-state index is 0.0807. The molecule has 0 heterocycles. The predicted octanol–water partition coefficient (Wildman–Crippen LogP) is 2.60. The van der Waals surface area contributed by atoms with E-state index in [0.717, 1.165) is 37.7 Å². The van der Waals surface area contributed by atoms with Gasteiger partial charge in [-0.2, -0.15) is 0 Å². The average molecular weight is 647 g/mol. The summed E-state index contributed by atoms with van der Waals surface area (Å²) in [6.07, 6.45) is 21.6. The van der Waals surface area contributed by atoms with Gasteiger partial charge in [-0.3, -0.25) is 14.4 Å². The number of aliphatic hydroxyl groups excluding tert-OH is 2. The number of aliphatic hydroxyl groups is 2. The van der Waals surface area contributed by atoms with E-state index < -0.39 is 47.9 Å². The van der Waals surface area contributed by atoms with E-state index in [-0.39, 0.29) is 31.1 Å². The van der Waals surface area contributed by atoms with Crippen LogP contribution in [-0.4, -0.2) is 96.3 Å². The van der Waals surface area contributed by atoms with Gasteiger partial charge in [0.25, 0.3) is 0 Å². The van der Waals surface area contributed by atoms with Gasteiger partial charge in [-0.1, -0.05) is 74.3 Å². The molecule has 1 fully saturated rings. The molecule has 0 radical (unpaired) electrons. The Morgan fingerprint density at radius 3 is 2.19 bits per heavy atom. The molecule has 0 spiro atoms. The minimum Gasteiger partial charge on any atom is -0.390 e. The Morgan fingerprint density at radius 2 is 1.60 bits per heavy atom. The Balaban J connectivity index is 2.32. The fourth-order valence-corrected chi connectivity index (χ4v) is 6.00. The van der Waals surface area contributed by atoms with Crippen LogP contribution < -0.4 is 10.6 Å². The lowest BCUT2D eigenvalue weighted by atomic mass is 9.82. The summed E-state index contributed by atoms with van der Waals surface area (Å²) in [6.45, 7) is 1.16. The van der Waals surface area contributed by atoms with Gasteiger partial charge in [-0.25, -0.2) is 0 Å². The van der Waals surface area contributed by atoms with Crippen LogP contribution >= 0.6 is 0 Å². The number of terminal acetylenes is 3. The van der Waals surface area contributed by atoms with E-state index in [1.54, 1.807) is 11.9 Å². The van der Waals surface area contributed by atoms with Crippen molar-refractivity contribution in [1.82, 2.24) is 20.4 Å². The van der Waals surface area contributed by atoms with Crippen LogP contribution in [0.5, 0.6) is 0 Å². The fraction of sp³-hybridized carbons (Fsp3) is 0.605. The third-order valence-corrected chi connectivity index (χ3v) is 8.96. The van der Waals surface area contributed by atoms with Crippen molar-refractivity contribution in [3.8, 4) is 37.0 Å². The molecule has 1 aromatic carbocycles. The molecule has 2 rings (SSSR count).